The van der Waals surface area contributed by atoms with Gasteiger partial charge in [-0.2, -0.15) is 0 Å². The van der Waals surface area contributed by atoms with Gasteiger partial charge in [0.15, 0.2) is 0 Å². The highest BCUT2D eigenvalue weighted by atomic mass is 32.2. The summed E-state index contributed by atoms with van der Waals surface area (Å²) in [4.78, 5) is 14.4. The third-order valence-corrected chi connectivity index (χ3v) is 5.86. The van der Waals surface area contributed by atoms with Crippen LogP contribution in [0.2, 0.25) is 0 Å². The van der Waals surface area contributed by atoms with Gasteiger partial charge in [0.1, 0.15) is 0 Å². The summed E-state index contributed by atoms with van der Waals surface area (Å²) in [7, 11) is -0.318. The molecule has 1 aromatic rings. The molecule has 6 nitrogen and oxygen atoms in total. The van der Waals surface area contributed by atoms with Gasteiger partial charge in [-0.25, -0.2) is 12.7 Å². The van der Waals surface area contributed by atoms with Crippen molar-refractivity contribution in [3.8, 4) is 0 Å². The Bertz CT molecular complexity index is 620. The molecule has 0 aromatic heterocycles. The Morgan fingerprint density at radius 3 is 2.35 bits per heavy atom. The fourth-order valence-corrected chi connectivity index (χ4v) is 3.26. The summed E-state index contributed by atoms with van der Waals surface area (Å²) in [5.74, 6) is -0.342. The summed E-state index contributed by atoms with van der Waals surface area (Å²) in [6, 6.07) is 7.51. The molecule has 1 aliphatic rings. The maximum absolute atomic E-state index is 12.0. The van der Waals surface area contributed by atoms with Gasteiger partial charge >= 0.3 is 0 Å². The minimum atomic E-state index is -3.28. The summed E-state index contributed by atoms with van der Waals surface area (Å²) in [5, 5.41) is 2.65. The molecule has 1 aliphatic heterocycles. The SMILES string of the molecule is CN(C)S(=O)(=O)CCNC(=O)c1ccc(CN2CCCC2)cc1. The van der Waals surface area contributed by atoms with Crippen LogP contribution in [0.1, 0.15) is 28.8 Å². The second kappa shape index (κ2) is 7.90. The van der Waals surface area contributed by atoms with E-state index in [2.05, 4.69) is 10.2 Å². The normalized spacial score (nSPS) is 16.0. The molecule has 1 N–H and O–H groups in total. The topological polar surface area (TPSA) is 69.7 Å². The molecule has 0 atom stereocenters. The van der Waals surface area contributed by atoms with Crippen molar-refractivity contribution in [2.75, 3.05) is 39.5 Å². The van der Waals surface area contributed by atoms with E-state index < -0.39 is 10.0 Å². The zero-order chi connectivity index (χ0) is 16.9. The average Bonchev–Trinajstić information content (AvgIpc) is 3.00. The van der Waals surface area contributed by atoms with Crippen LogP contribution in [0.25, 0.3) is 0 Å². The minimum absolute atomic E-state index is 0.0984. The summed E-state index contributed by atoms with van der Waals surface area (Å²) in [6.45, 7) is 3.31. The lowest BCUT2D eigenvalue weighted by molar-refractivity contribution is 0.0956. The predicted molar refractivity (Wildman–Crippen MR) is 90.8 cm³/mol. The second-order valence-corrected chi connectivity index (χ2v) is 8.34. The molecule has 2 rings (SSSR count). The van der Waals surface area contributed by atoms with Gasteiger partial charge in [0.2, 0.25) is 10.0 Å². The van der Waals surface area contributed by atoms with Gasteiger partial charge in [0.05, 0.1) is 5.75 Å². The molecule has 0 radical (unpaired) electrons. The lowest BCUT2D eigenvalue weighted by atomic mass is 10.1. The predicted octanol–water partition coefficient (Wildman–Crippen LogP) is 0.904. The molecule has 1 amide bonds. The van der Waals surface area contributed by atoms with E-state index in [0.29, 0.717) is 5.56 Å². The Hall–Kier alpha value is -1.44. The summed E-state index contributed by atoms with van der Waals surface area (Å²) >= 11 is 0. The molecule has 1 heterocycles. The smallest absolute Gasteiger partial charge is 0.251 e. The first kappa shape index (κ1) is 17.9. The van der Waals surface area contributed by atoms with E-state index in [0.717, 1.165) is 23.9 Å². The highest BCUT2D eigenvalue weighted by Gasteiger charge is 2.15. The van der Waals surface area contributed by atoms with Gasteiger partial charge in [-0.3, -0.25) is 9.69 Å². The first-order valence-electron chi connectivity index (χ1n) is 7.88. The molecule has 0 unspecified atom stereocenters. The molecule has 1 saturated heterocycles. The number of amides is 1. The third kappa shape index (κ3) is 5.30. The molecule has 0 aliphatic carbocycles. The number of nitrogens with one attached hydrogen (secondary N) is 1. The van der Waals surface area contributed by atoms with Gasteiger partial charge in [-0.1, -0.05) is 12.1 Å². The van der Waals surface area contributed by atoms with E-state index in [1.165, 1.54) is 32.5 Å². The molecule has 1 fully saturated rings. The van der Waals surface area contributed by atoms with Gasteiger partial charge in [-0.15, -0.1) is 0 Å². The number of hydrogen-bond donors (Lipinski definition) is 1. The standard InChI is InChI=1S/C16H25N3O3S/c1-18(2)23(21,22)12-9-17-16(20)15-7-5-14(6-8-15)13-19-10-3-4-11-19/h5-8H,3-4,9-13H2,1-2H3,(H,17,20). The van der Waals surface area contributed by atoms with Gasteiger partial charge < -0.3 is 5.32 Å². The van der Waals surface area contributed by atoms with E-state index in [1.807, 2.05) is 12.1 Å². The number of carbonyl (C=O) groups excluding carboxylic acids is 1. The largest absolute Gasteiger partial charge is 0.351 e. The minimum Gasteiger partial charge on any atom is -0.351 e. The Labute approximate surface area is 138 Å². The number of carbonyl (C=O) groups is 1. The van der Waals surface area contributed by atoms with E-state index in [1.54, 1.807) is 12.1 Å². The molecule has 128 valence electrons. The number of benzene rings is 1. The number of rotatable bonds is 7. The van der Waals surface area contributed by atoms with E-state index in [4.69, 9.17) is 0 Å². The highest BCUT2D eigenvalue weighted by molar-refractivity contribution is 7.89. The Morgan fingerprint density at radius 1 is 1.17 bits per heavy atom. The molecule has 23 heavy (non-hydrogen) atoms. The molecular weight excluding hydrogens is 314 g/mol. The van der Waals surface area contributed by atoms with Crippen LogP contribution >= 0.6 is 0 Å². The van der Waals surface area contributed by atoms with Crippen LogP contribution in [0.15, 0.2) is 24.3 Å². The average molecular weight is 339 g/mol. The van der Waals surface area contributed by atoms with Crippen molar-refractivity contribution in [2.24, 2.45) is 0 Å². The molecule has 1 aromatic carbocycles. The van der Waals surface area contributed by atoms with Crippen molar-refractivity contribution in [1.29, 1.82) is 0 Å². The first-order chi connectivity index (χ1) is 10.9. The van der Waals surface area contributed by atoms with Crippen molar-refractivity contribution < 1.29 is 13.2 Å². The number of likely N-dealkylation sites (tertiary alicyclic amines) is 1. The quantitative estimate of drug-likeness (QED) is 0.801. The van der Waals surface area contributed by atoms with Crippen LogP contribution in [0, 0.1) is 0 Å². The zero-order valence-electron chi connectivity index (χ0n) is 13.8. The lowest BCUT2D eigenvalue weighted by Gasteiger charge is -2.14. The number of nitrogens with zero attached hydrogens (tertiary/aromatic N) is 2. The fraction of sp³-hybridized carbons (Fsp3) is 0.562. The van der Waals surface area contributed by atoms with Crippen LogP contribution in [-0.4, -0.2) is 63.0 Å². The van der Waals surface area contributed by atoms with Gasteiger partial charge in [0.25, 0.3) is 5.91 Å². The fourth-order valence-electron chi connectivity index (χ4n) is 2.54. The molecule has 0 bridgehead atoms. The summed E-state index contributed by atoms with van der Waals surface area (Å²) in [5.41, 5.74) is 1.75. The Balaban J connectivity index is 1.82. The van der Waals surface area contributed by atoms with Crippen LogP contribution < -0.4 is 5.32 Å². The number of sulfonamides is 1. The summed E-state index contributed by atoms with van der Waals surface area (Å²) in [6.07, 6.45) is 2.52. The van der Waals surface area contributed by atoms with Crippen molar-refractivity contribution in [1.82, 2.24) is 14.5 Å². The molecule has 0 spiro atoms. The van der Waals surface area contributed by atoms with E-state index in [9.17, 15) is 13.2 Å². The van der Waals surface area contributed by atoms with Crippen LogP contribution in [-0.2, 0) is 16.6 Å². The van der Waals surface area contributed by atoms with Crippen LogP contribution in [0.5, 0.6) is 0 Å². The van der Waals surface area contributed by atoms with E-state index >= 15 is 0 Å². The van der Waals surface area contributed by atoms with Crippen molar-refractivity contribution >= 4 is 15.9 Å². The van der Waals surface area contributed by atoms with Crippen molar-refractivity contribution in [2.45, 2.75) is 19.4 Å². The monoisotopic (exact) mass is 339 g/mol. The first-order valence-corrected chi connectivity index (χ1v) is 9.49. The van der Waals surface area contributed by atoms with Crippen molar-refractivity contribution in [3.63, 3.8) is 0 Å². The number of hydrogen-bond acceptors (Lipinski definition) is 4. The Morgan fingerprint density at radius 2 is 1.78 bits per heavy atom. The van der Waals surface area contributed by atoms with Crippen molar-refractivity contribution in [3.05, 3.63) is 35.4 Å². The maximum Gasteiger partial charge on any atom is 0.251 e. The molecule has 7 heteroatoms. The van der Waals surface area contributed by atoms with Gasteiger partial charge in [0, 0.05) is 32.7 Å². The van der Waals surface area contributed by atoms with Crippen LogP contribution in [0.3, 0.4) is 0 Å². The maximum atomic E-state index is 12.0. The highest BCUT2D eigenvalue weighted by Crippen LogP contribution is 2.13. The molecular formula is C16H25N3O3S. The summed E-state index contributed by atoms with van der Waals surface area (Å²) < 4.78 is 24.4. The lowest BCUT2D eigenvalue weighted by Crippen LogP contribution is -2.33. The van der Waals surface area contributed by atoms with Crippen LogP contribution in [0.4, 0.5) is 0 Å². The second-order valence-electron chi connectivity index (χ2n) is 6.03. The van der Waals surface area contributed by atoms with Gasteiger partial charge in [-0.05, 0) is 43.6 Å². The van der Waals surface area contributed by atoms with E-state index in [-0.39, 0.29) is 18.2 Å². The zero-order valence-corrected chi connectivity index (χ0v) is 14.6. The third-order valence-electron chi connectivity index (χ3n) is 4.02. The Kier molecular flexibility index (Phi) is 6.15. The molecule has 0 saturated carbocycles.